The number of benzene rings is 2. The van der Waals surface area contributed by atoms with Crippen molar-refractivity contribution in [3.63, 3.8) is 0 Å². The van der Waals surface area contributed by atoms with Gasteiger partial charge in [0.25, 0.3) is 0 Å². The number of aryl methyl sites for hydroxylation is 1. The Hall–Kier alpha value is -2.23. The Labute approximate surface area is 111 Å². The Kier molecular flexibility index (Phi) is 4.23. The van der Waals surface area contributed by atoms with E-state index in [1.807, 2.05) is 36.4 Å². The summed E-state index contributed by atoms with van der Waals surface area (Å²) in [5.41, 5.74) is 1.08. The van der Waals surface area contributed by atoms with Gasteiger partial charge in [-0.1, -0.05) is 47.6 Å². The molecule has 0 heterocycles. The van der Waals surface area contributed by atoms with Crippen molar-refractivity contribution in [1.82, 2.24) is 0 Å². The minimum absolute atomic E-state index is 0.370. The van der Waals surface area contributed by atoms with E-state index in [1.165, 1.54) is 12.5 Å². The van der Waals surface area contributed by atoms with Crippen LogP contribution in [0.3, 0.4) is 0 Å². The lowest BCUT2D eigenvalue weighted by Crippen LogP contribution is -2.20. The van der Waals surface area contributed by atoms with Crippen molar-refractivity contribution in [2.45, 2.75) is 18.9 Å². The van der Waals surface area contributed by atoms with Gasteiger partial charge in [0.1, 0.15) is 0 Å². The summed E-state index contributed by atoms with van der Waals surface area (Å²) < 4.78 is 4.53. The lowest BCUT2D eigenvalue weighted by molar-refractivity contribution is -0.142. The maximum atomic E-state index is 11.3. The van der Waals surface area contributed by atoms with Crippen LogP contribution in [0.1, 0.15) is 12.0 Å². The number of rotatable bonds is 5. The molecule has 0 aliphatic rings. The van der Waals surface area contributed by atoms with E-state index < -0.39 is 12.0 Å². The fourth-order valence-electron chi connectivity index (χ4n) is 2.05. The third-order valence-corrected chi connectivity index (χ3v) is 3.12. The van der Waals surface area contributed by atoms with Gasteiger partial charge >= 0.3 is 5.97 Å². The first-order chi connectivity index (χ1) is 9.24. The molecular formula is C15H15NO3. The molecule has 0 aliphatic carbocycles. The SMILES string of the molecule is COC(=O)C(CCc1ccc2ccccc2c1)N=O. The topological polar surface area (TPSA) is 55.7 Å². The lowest BCUT2D eigenvalue weighted by atomic mass is 10.0. The summed E-state index contributed by atoms with van der Waals surface area (Å²) in [5, 5.41) is 5.13. The third-order valence-electron chi connectivity index (χ3n) is 3.12. The van der Waals surface area contributed by atoms with Crippen LogP contribution >= 0.6 is 0 Å². The van der Waals surface area contributed by atoms with Crippen molar-refractivity contribution in [3.05, 3.63) is 52.9 Å². The van der Waals surface area contributed by atoms with Crippen molar-refractivity contribution in [2.75, 3.05) is 7.11 Å². The molecule has 0 radical (unpaired) electrons. The first-order valence-electron chi connectivity index (χ1n) is 6.12. The first-order valence-corrected chi connectivity index (χ1v) is 6.12. The van der Waals surface area contributed by atoms with E-state index in [0.29, 0.717) is 12.8 Å². The second kappa shape index (κ2) is 6.09. The van der Waals surface area contributed by atoms with Crippen molar-refractivity contribution in [3.8, 4) is 0 Å². The fourth-order valence-corrected chi connectivity index (χ4v) is 2.05. The molecule has 2 rings (SSSR count). The van der Waals surface area contributed by atoms with Crippen molar-refractivity contribution in [1.29, 1.82) is 0 Å². The third kappa shape index (κ3) is 3.16. The molecule has 0 saturated heterocycles. The van der Waals surface area contributed by atoms with Crippen LogP contribution in [0, 0.1) is 4.91 Å². The van der Waals surface area contributed by atoms with Gasteiger partial charge in [-0.2, -0.15) is 0 Å². The summed E-state index contributed by atoms with van der Waals surface area (Å²) in [7, 11) is 1.26. The van der Waals surface area contributed by atoms with E-state index >= 15 is 0 Å². The second-order valence-electron chi connectivity index (χ2n) is 4.36. The lowest BCUT2D eigenvalue weighted by Gasteiger charge is -2.07. The minimum atomic E-state index is -0.920. The average Bonchev–Trinajstić information content (AvgIpc) is 2.47. The van der Waals surface area contributed by atoms with E-state index in [2.05, 4.69) is 16.0 Å². The summed E-state index contributed by atoms with van der Waals surface area (Å²) in [5.74, 6) is -0.573. The molecule has 0 saturated carbocycles. The number of methoxy groups -OCH3 is 1. The Bertz CT molecular complexity index is 595. The van der Waals surface area contributed by atoms with Crippen LogP contribution in [0.2, 0.25) is 0 Å². The molecule has 2 aromatic rings. The number of nitroso groups, excluding NO2 is 1. The Balaban J connectivity index is 2.09. The van der Waals surface area contributed by atoms with Gasteiger partial charge in [-0.3, -0.25) is 0 Å². The van der Waals surface area contributed by atoms with Crippen LogP contribution in [-0.2, 0) is 16.0 Å². The maximum absolute atomic E-state index is 11.3. The summed E-state index contributed by atoms with van der Waals surface area (Å²) in [6.45, 7) is 0. The van der Waals surface area contributed by atoms with Gasteiger partial charge in [-0.15, -0.1) is 4.91 Å². The molecule has 0 aliphatic heterocycles. The van der Waals surface area contributed by atoms with Crippen LogP contribution < -0.4 is 0 Å². The molecular weight excluding hydrogens is 242 g/mol. The Morgan fingerprint density at radius 2 is 1.95 bits per heavy atom. The number of esters is 1. The molecule has 2 aromatic carbocycles. The van der Waals surface area contributed by atoms with E-state index in [-0.39, 0.29) is 0 Å². The molecule has 98 valence electrons. The smallest absolute Gasteiger partial charge is 0.334 e. The highest BCUT2D eigenvalue weighted by molar-refractivity contribution is 5.83. The molecule has 0 aromatic heterocycles. The van der Waals surface area contributed by atoms with Crippen molar-refractivity contribution in [2.24, 2.45) is 5.18 Å². The largest absolute Gasteiger partial charge is 0.467 e. The monoisotopic (exact) mass is 257 g/mol. The predicted octanol–water partition coefficient (Wildman–Crippen LogP) is 3.08. The molecule has 0 fully saturated rings. The standard InChI is InChI=1S/C15H15NO3/c1-19-15(17)14(16-18)9-7-11-6-8-12-4-2-3-5-13(12)10-11/h2-6,8,10,14H,7,9H2,1H3. The minimum Gasteiger partial charge on any atom is -0.467 e. The molecule has 1 unspecified atom stereocenters. The van der Waals surface area contributed by atoms with Gasteiger partial charge in [0.05, 0.1) is 7.11 Å². The number of fused-ring (bicyclic) bond motifs is 1. The summed E-state index contributed by atoms with van der Waals surface area (Å²) in [4.78, 5) is 21.8. The van der Waals surface area contributed by atoms with Crippen LogP contribution in [-0.4, -0.2) is 19.1 Å². The normalized spacial score (nSPS) is 12.1. The zero-order valence-corrected chi connectivity index (χ0v) is 10.7. The zero-order valence-electron chi connectivity index (χ0n) is 10.7. The Morgan fingerprint density at radius 3 is 2.63 bits per heavy atom. The van der Waals surface area contributed by atoms with Crippen LogP contribution in [0.25, 0.3) is 10.8 Å². The molecule has 0 amide bonds. The number of ether oxygens (including phenoxy) is 1. The molecule has 0 bridgehead atoms. The molecule has 0 spiro atoms. The Morgan fingerprint density at radius 1 is 1.21 bits per heavy atom. The molecule has 4 nitrogen and oxygen atoms in total. The zero-order chi connectivity index (χ0) is 13.7. The van der Waals surface area contributed by atoms with Crippen LogP contribution in [0.4, 0.5) is 0 Å². The average molecular weight is 257 g/mol. The van der Waals surface area contributed by atoms with Crippen molar-refractivity contribution >= 4 is 16.7 Å². The summed E-state index contributed by atoms with van der Waals surface area (Å²) in [6, 6.07) is 13.2. The molecule has 0 N–H and O–H groups in total. The van der Waals surface area contributed by atoms with Crippen LogP contribution in [0.5, 0.6) is 0 Å². The molecule has 19 heavy (non-hydrogen) atoms. The van der Waals surface area contributed by atoms with Gasteiger partial charge in [0, 0.05) is 0 Å². The number of hydrogen-bond donors (Lipinski definition) is 0. The number of carbonyl (C=O) groups excluding carboxylic acids is 1. The first kappa shape index (κ1) is 13.2. The van der Waals surface area contributed by atoms with Gasteiger partial charge in [-0.25, -0.2) is 4.79 Å². The number of nitrogens with zero attached hydrogens (tertiary/aromatic N) is 1. The summed E-state index contributed by atoms with van der Waals surface area (Å²) >= 11 is 0. The molecule has 4 heteroatoms. The highest BCUT2D eigenvalue weighted by Crippen LogP contribution is 2.17. The van der Waals surface area contributed by atoms with E-state index in [1.54, 1.807) is 0 Å². The fraction of sp³-hybridized carbons (Fsp3) is 0.267. The highest BCUT2D eigenvalue weighted by Gasteiger charge is 2.19. The van der Waals surface area contributed by atoms with Crippen molar-refractivity contribution < 1.29 is 9.53 Å². The van der Waals surface area contributed by atoms with Gasteiger partial charge in [0.2, 0.25) is 0 Å². The highest BCUT2D eigenvalue weighted by atomic mass is 16.5. The van der Waals surface area contributed by atoms with Gasteiger partial charge < -0.3 is 4.74 Å². The second-order valence-corrected chi connectivity index (χ2v) is 4.36. The van der Waals surface area contributed by atoms with E-state index in [0.717, 1.165) is 10.9 Å². The number of hydrogen-bond acceptors (Lipinski definition) is 4. The van der Waals surface area contributed by atoms with E-state index in [4.69, 9.17) is 0 Å². The number of carbonyl (C=O) groups is 1. The van der Waals surface area contributed by atoms with Crippen LogP contribution in [0.15, 0.2) is 47.6 Å². The van der Waals surface area contributed by atoms with Gasteiger partial charge in [-0.05, 0) is 29.2 Å². The maximum Gasteiger partial charge on any atom is 0.334 e. The summed E-state index contributed by atoms with van der Waals surface area (Å²) in [6.07, 6.45) is 0.991. The molecule has 1 atom stereocenters. The van der Waals surface area contributed by atoms with Gasteiger partial charge in [0.15, 0.2) is 6.04 Å². The van der Waals surface area contributed by atoms with E-state index in [9.17, 15) is 9.70 Å². The predicted molar refractivity (Wildman–Crippen MR) is 73.9 cm³/mol. The quantitative estimate of drug-likeness (QED) is 0.611.